The van der Waals surface area contributed by atoms with Gasteiger partial charge in [0.1, 0.15) is 7.85 Å². The Morgan fingerprint density at radius 3 is 2.56 bits per heavy atom. The third kappa shape index (κ3) is 1.42. The predicted octanol–water partition coefficient (Wildman–Crippen LogP) is 0.351. The van der Waals surface area contributed by atoms with Crippen molar-refractivity contribution < 1.29 is 0 Å². The van der Waals surface area contributed by atoms with Gasteiger partial charge >= 0.3 is 0 Å². The molecule has 1 aromatic rings. The van der Waals surface area contributed by atoms with Crippen molar-refractivity contribution in [3.63, 3.8) is 0 Å². The molecule has 9 heavy (non-hydrogen) atoms. The Labute approximate surface area is 61.1 Å². The lowest BCUT2D eigenvalue weighted by atomic mass is 9.96. The fraction of sp³-hybridized carbons (Fsp3) is 0. The van der Waals surface area contributed by atoms with Crippen LogP contribution in [0.1, 0.15) is 0 Å². The molecule has 0 unspecified atom stereocenters. The number of hydrogen-bond donors (Lipinski definition) is 2. The third-order valence-electron chi connectivity index (χ3n) is 1.05. The van der Waals surface area contributed by atoms with Crippen molar-refractivity contribution in [2.24, 2.45) is 0 Å². The van der Waals surface area contributed by atoms with Crippen LogP contribution in [0.25, 0.3) is 0 Å². The van der Waals surface area contributed by atoms with Crippen LogP contribution in [0.5, 0.6) is 0 Å². The first kappa shape index (κ1) is 6.55. The summed E-state index contributed by atoms with van der Waals surface area (Å²) in [4.78, 5) is 0.731. The smallest absolute Gasteiger partial charge is 0.113 e. The quantitative estimate of drug-likeness (QED) is 0.299. The molecule has 0 heterocycles. The van der Waals surface area contributed by atoms with E-state index in [1.807, 2.05) is 0 Å². The molecule has 0 amide bonds. The second kappa shape index (κ2) is 2.35. The summed E-state index contributed by atoms with van der Waals surface area (Å²) in [5.41, 5.74) is 6.81. The molecule has 0 bridgehead atoms. The fourth-order valence-corrected chi connectivity index (χ4v) is 0.784. The Morgan fingerprint density at radius 1 is 1.44 bits per heavy atom. The maximum atomic E-state index is 5.46. The maximum absolute atomic E-state index is 5.46. The number of anilines is 1. The van der Waals surface area contributed by atoms with Crippen molar-refractivity contribution in [1.82, 2.24) is 0 Å². The molecule has 0 aromatic heterocycles. The van der Waals surface area contributed by atoms with E-state index in [-0.39, 0.29) is 0 Å². The highest BCUT2D eigenvalue weighted by atomic mass is 32.1. The van der Waals surface area contributed by atoms with Gasteiger partial charge in [0.25, 0.3) is 0 Å². The third-order valence-corrected chi connectivity index (χ3v) is 1.44. The van der Waals surface area contributed by atoms with Crippen LogP contribution < -0.4 is 11.2 Å². The van der Waals surface area contributed by atoms with E-state index in [1.54, 1.807) is 18.2 Å². The number of rotatable bonds is 0. The highest BCUT2D eigenvalue weighted by Gasteiger charge is 1.90. The van der Waals surface area contributed by atoms with Gasteiger partial charge in [0.2, 0.25) is 0 Å². The predicted molar refractivity (Wildman–Crippen MR) is 43.5 cm³/mol. The maximum Gasteiger partial charge on any atom is 0.113 e. The van der Waals surface area contributed by atoms with Gasteiger partial charge in [-0.05, 0) is 6.07 Å². The average molecular weight is 135 g/mol. The van der Waals surface area contributed by atoms with Crippen molar-refractivity contribution in [2.45, 2.75) is 4.90 Å². The zero-order valence-electron chi connectivity index (χ0n) is 4.83. The van der Waals surface area contributed by atoms with Gasteiger partial charge in [0, 0.05) is 10.6 Å². The van der Waals surface area contributed by atoms with Crippen molar-refractivity contribution in [2.75, 3.05) is 5.73 Å². The summed E-state index contributed by atoms with van der Waals surface area (Å²) in [7, 11) is 5.42. The van der Waals surface area contributed by atoms with Gasteiger partial charge in [-0.1, -0.05) is 17.6 Å². The lowest BCUT2D eigenvalue weighted by Crippen LogP contribution is -2.01. The molecule has 0 aliphatic heterocycles. The lowest BCUT2D eigenvalue weighted by Gasteiger charge is -1.97. The Balaban J connectivity index is 3.17. The molecule has 0 saturated carbocycles. The van der Waals surface area contributed by atoms with Crippen molar-refractivity contribution in [3.8, 4) is 0 Å². The minimum absolute atomic E-state index is 0.660. The zero-order chi connectivity index (χ0) is 6.85. The molecule has 2 N–H and O–H groups in total. The Hall–Kier alpha value is -0.565. The summed E-state index contributed by atoms with van der Waals surface area (Å²) in [6.45, 7) is 0. The Bertz CT molecular complexity index is 224. The topological polar surface area (TPSA) is 26.0 Å². The average Bonchev–Trinajstić information content (AvgIpc) is 1.80. The number of benzene rings is 1. The van der Waals surface area contributed by atoms with Crippen LogP contribution in [-0.2, 0) is 0 Å². The molecule has 0 spiro atoms. The summed E-state index contributed by atoms with van der Waals surface area (Å²) in [6, 6.07) is 5.20. The summed E-state index contributed by atoms with van der Waals surface area (Å²) >= 11 is 4.06. The molecule has 1 rings (SSSR count). The number of nitrogen functional groups attached to an aromatic ring is 1. The summed E-state index contributed by atoms with van der Waals surface area (Å²) < 4.78 is 0. The molecule has 2 radical (unpaired) electrons. The molecule has 3 heteroatoms. The van der Waals surface area contributed by atoms with Gasteiger partial charge in [-0.3, -0.25) is 0 Å². The largest absolute Gasteiger partial charge is 0.398 e. The van der Waals surface area contributed by atoms with E-state index in [9.17, 15) is 0 Å². The molecule has 0 aliphatic rings. The number of nitrogens with two attached hydrogens (primary N) is 1. The monoisotopic (exact) mass is 135 g/mol. The summed E-state index contributed by atoms with van der Waals surface area (Å²) in [6.07, 6.45) is 0. The van der Waals surface area contributed by atoms with Gasteiger partial charge in [-0.2, -0.15) is 0 Å². The molecular formula is C6H6BNS. The molecule has 1 nitrogen and oxygen atoms in total. The molecular weight excluding hydrogens is 129 g/mol. The Kier molecular flexibility index (Phi) is 1.71. The van der Waals surface area contributed by atoms with Gasteiger partial charge in [-0.25, -0.2) is 0 Å². The second-order valence-electron chi connectivity index (χ2n) is 1.82. The summed E-state index contributed by atoms with van der Waals surface area (Å²) in [5.74, 6) is 0. The highest BCUT2D eigenvalue weighted by molar-refractivity contribution is 7.80. The van der Waals surface area contributed by atoms with E-state index in [0.29, 0.717) is 11.2 Å². The first-order chi connectivity index (χ1) is 4.20. The SMILES string of the molecule is [B]c1ccc(N)c(S)c1. The lowest BCUT2D eigenvalue weighted by molar-refractivity contribution is 1.50. The van der Waals surface area contributed by atoms with Crippen molar-refractivity contribution in [1.29, 1.82) is 0 Å². The van der Waals surface area contributed by atoms with E-state index >= 15 is 0 Å². The standard InChI is InChI=1S/C6H6BNS/c7-4-1-2-5(8)6(9)3-4/h1-3,9H,8H2. The Morgan fingerprint density at radius 2 is 2.11 bits per heavy atom. The van der Waals surface area contributed by atoms with Crippen LogP contribution in [0.15, 0.2) is 23.1 Å². The summed E-state index contributed by atoms with van der Waals surface area (Å²) in [5, 5.41) is 0. The zero-order valence-corrected chi connectivity index (χ0v) is 5.73. The van der Waals surface area contributed by atoms with Crippen LogP contribution >= 0.6 is 12.6 Å². The van der Waals surface area contributed by atoms with Crippen LogP contribution in [0.4, 0.5) is 5.69 Å². The molecule has 0 aliphatic carbocycles. The fourth-order valence-electron chi connectivity index (χ4n) is 0.561. The molecule has 0 fully saturated rings. The molecule has 0 atom stereocenters. The van der Waals surface area contributed by atoms with Gasteiger partial charge in [0.05, 0.1) is 0 Å². The van der Waals surface area contributed by atoms with E-state index in [1.165, 1.54) is 0 Å². The second-order valence-corrected chi connectivity index (χ2v) is 2.30. The van der Waals surface area contributed by atoms with E-state index in [2.05, 4.69) is 12.6 Å². The number of thiol groups is 1. The normalized spacial score (nSPS) is 9.44. The van der Waals surface area contributed by atoms with Gasteiger partial charge in [-0.15, -0.1) is 12.6 Å². The minimum atomic E-state index is 0.660. The van der Waals surface area contributed by atoms with Crippen molar-refractivity contribution in [3.05, 3.63) is 18.2 Å². The highest BCUT2D eigenvalue weighted by Crippen LogP contribution is 2.11. The van der Waals surface area contributed by atoms with E-state index in [4.69, 9.17) is 13.6 Å². The first-order valence-electron chi connectivity index (χ1n) is 2.54. The number of hydrogen-bond acceptors (Lipinski definition) is 2. The molecule has 1 aromatic carbocycles. The van der Waals surface area contributed by atoms with Gasteiger partial charge < -0.3 is 5.73 Å². The van der Waals surface area contributed by atoms with Crippen LogP contribution in [0, 0.1) is 0 Å². The van der Waals surface area contributed by atoms with Crippen LogP contribution in [-0.4, -0.2) is 7.85 Å². The van der Waals surface area contributed by atoms with Crippen molar-refractivity contribution >= 4 is 31.6 Å². The van der Waals surface area contributed by atoms with E-state index < -0.39 is 0 Å². The van der Waals surface area contributed by atoms with E-state index in [0.717, 1.165) is 4.90 Å². The molecule has 44 valence electrons. The van der Waals surface area contributed by atoms with Crippen LogP contribution in [0.2, 0.25) is 0 Å². The van der Waals surface area contributed by atoms with Gasteiger partial charge in [0.15, 0.2) is 0 Å². The van der Waals surface area contributed by atoms with Crippen LogP contribution in [0.3, 0.4) is 0 Å². The first-order valence-corrected chi connectivity index (χ1v) is 2.99. The molecule has 0 saturated heterocycles. The minimum Gasteiger partial charge on any atom is -0.398 e.